The summed E-state index contributed by atoms with van der Waals surface area (Å²) in [7, 11) is 0. The summed E-state index contributed by atoms with van der Waals surface area (Å²) in [6.45, 7) is 3.72. The van der Waals surface area contributed by atoms with Crippen LogP contribution in [0.25, 0.3) is 0 Å². The third-order valence-corrected chi connectivity index (χ3v) is 2.65. The first-order chi connectivity index (χ1) is 7.68. The fourth-order valence-electron chi connectivity index (χ4n) is 1.85. The first-order valence-corrected chi connectivity index (χ1v) is 5.40. The Morgan fingerprint density at radius 1 is 1.62 bits per heavy atom. The van der Waals surface area contributed by atoms with Crippen LogP contribution < -0.4 is 16.0 Å². The zero-order valence-corrected chi connectivity index (χ0v) is 9.31. The van der Waals surface area contributed by atoms with Gasteiger partial charge in [-0.25, -0.2) is 4.98 Å². The zero-order chi connectivity index (χ0) is 11.5. The molecule has 0 spiro atoms. The van der Waals surface area contributed by atoms with E-state index in [1.807, 2.05) is 24.0 Å². The van der Waals surface area contributed by atoms with Gasteiger partial charge in [0.1, 0.15) is 5.82 Å². The summed E-state index contributed by atoms with van der Waals surface area (Å²) in [6, 6.07) is 3.75. The van der Waals surface area contributed by atoms with Crippen molar-refractivity contribution < 1.29 is 4.79 Å². The number of amides is 1. The zero-order valence-electron chi connectivity index (χ0n) is 9.31. The van der Waals surface area contributed by atoms with Crippen molar-refractivity contribution in [2.75, 3.05) is 24.5 Å². The van der Waals surface area contributed by atoms with Gasteiger partial charge >= 0.3 is 0 Å². The van der Waals surface area contributed by atoms with Crippen LogP contribution in [0.1, 0.15) is 18.5 Å². The van der Waals surface area contributed by atoms with Crippen LogP contribution in [0.2, 0.25) is 0 Å². The van der Waals surface area contributed by atoms with E-state index < -0.39 is 0 Å². The molecule has 0 aliphatic carbocycles. The molecule has 2 heterocycles. The molecule has 0 aromatic carbocycles. The van der Waals surface area contributed by atoms with Crippen molar-refractivity contribution in [2.45, 2.75) is 13.0 Å². The van der Waals surface area contributed by atoms with Crippen LogP contribution >= 0.6 is 0 Å². The predicted octanol–water partition coefficient (Wildman–Crippen LogP) is 0.0375. The molecule has 1 fully saturated rings. The number of piperazine rings is 1. The highest BCUT2D eigenvalue weighted by molar-refractivity contribution is 5.82. The molecule has 1 atom stereocenters. The molecule has 16 heavy (non-hydrogen) atoms. The molecule has 0 bridgehead atoms. The van der Waals surface area contributed by atoms with Gasteiger partial charge in [0, 0.05) is 30.9 Å². The number of hydrogen-bond acceptors (Lipinski definition) is 4. The normalized spacial score (nSPS) is 18.1. The third kappa shape index (κ3) is 2.14. The molecule has 1 aromatic heterocycles. The van der Waals surface area contributed by atoms with Crippen molar-refractivity contribution >= 4 is 11.7 Å². The van der Waals surface area contributed by atoms with Gasteiger partial charge in [-0.2, -0.15) is 0 Å². The van der Waals surface area contributed by atoms with Crippen LogP contribution in [-0.4, -0.2) is 30.5 Å². The lowest BCUT2D eigenvalue weighted by Crippen LogP contribution is -2.48. The Kier molecular flexibility index (Phi) is 3.05. The molecule has 0 saturated carbocycles. The molecular formula is C11H16N4O. The summed E-state index contributed by atoms with van der Waals surface area (Å²) in [6.07, 6.45) is 1.73. The largest absolute Gasteiger partial charge is 0.353 e. The molecule has 1 aliphatic heterocycles. The number of nitrogens with one attached hydrogen (secondary N) is 1. The second-order valence-corrected chi connectivity index (χ2v) is 3.98. The number of rotatable bonds is 2. The lowest BCUT2D eigenvalue weighted by molar-refractivity contribution is -0.120. The first-order valence-electron chi connectivity index (χ1n) is 5.40. The number of anilines is 1. The van der Waals surface area contributed by atoms with Crippen molar-refractivity contribution in [3.8, 4) is 0 Å². The number of nitrogens with two attached hydrogens (primary N) is 1. The van der Waals surface area contributed by atoms with Crippen LogP contribution in [0.5, 0.6) is 0 Å². The van der Waals surface area contributed by atoms with Gasteiger partial charge in [-0.3, -0.25) is 4.79 Å². The van der Waals surface area contributed by atoms with E-state index in [1.165, 1.54) is 0 Å². The van der Waals surface area contributed by atoms with Gasteiger partial charge in [-0.15, -0.1) is 0 Å². The summed E-state index contributed by atoms with van der Waals surface area (Å²) in [5.41, 5.74) is 6.87. The Bertz CT molecular complexity index is 391. The van der Waals surface area contributed by atoms with Gasteiger partial charge in [0.25, 0.3) is 0 Å². The van der Waals surface area contributed by atoms with Gasteiger partial charge in [0.05, 0.1) is 6.54 Å². The highest BCUT2D eigenvalue weighted by Crippen LogP contribution is 2.22. The average Bonchev–Trinajstić information content (AvgIpc) is 2.29. The average molecular weight is 220 g/mol. The maximum atomic E-state index is 11.3. The van der Waals surface area contributed by atoms with Crippen LogP contribution in [0.15, 0.2) is 18.3 Å². The molecule has 1 saturated heterocycles. The predicted molar refractivity (Wildman–Crippen MR) is 62.1 cm³/mol. The van der Waals surface area contributed by atoms with E-state index in [9.17, 15) is 4.79 Å². The molecule has 1 amide bonds. The summed E-state index contributed by atoms with van der Waals surface area (Å²) in [5, 5.41) is 2.79. The number of aromatic nitrogens is 1. The van der Waals surface area contributed by atoms with Crippen molar-refractivity contribution in [1.82, 2.24) is 10.3 Å². The molecule has 0 unspecified atom stereocenters. The minimum Gasteiger partial charge on any atom is -0.353 e. The van der Waals surface area contributed by atoms with Gasteiger partial charge in [-0.05, 0) is 13.0 Å². The Hall–Kier alpha value is -1.62. The lowest BCUT2D eigenvalue weighted by atomic mass is 10.1. The lowest BCUT2D eigenvalue weighted by Gasteiger charge is -2.29. The van der Waals surface area contributed by atoms with Crippen molar-refractivity contribution in [1.29, 1.82) is 0 Å². The molecule has 1 aliphatic rings. The number of pyridine rings is 1. The minimum atomic E-state index is -0.0753. The molecule has 86 valence electrons. The molecule has 1 aromatic rings. The second kappa shape index (κ2) is 4.49. The number of carbonyl (C=O) groups is 1. The number of hydrogen-bond donors (Lipinski definition) is 2. The van der Waals surface area contributed by atoms with E-state index in [1.54, 1.807) is 6.20 Å². The van der Waals surface area contributed by atoms with Crippen LogP contribution in [-0.2, 0) is 4.79 Å². The maximum absolute atomic E-state index is 11.3. The molecule has 5 heteroatoms. The van der Waals surface area contributed by atoms with Crippen molar-refractivity contribution in [3.63, 3.8) is 0 Å². The third-order valence-electron chi connectivity index (χ3n) is 2.65. The fraction of sp³-hybridized carbons (Fsp3) is 0.455. The van der Waals surface area contributed by atoms with Gasteiger partial charge in [0.2, 0.25) is 5.91 Å². The van der Waals surface area contributed by atoms with E-state index in [2.05, 4.69) is 10.3 Å². The Labute approximate surface area is 94.6 Å². The van der Waals surface area contributed by atoms with Gasteiger partial charge < -0.3 is 16.0 Å². The SMILES string of the molecule is C[C@H](N)c1cccnc1N1CCNC(=O)C1. The van der Waals surface area contributed by atoms with Gasteiger partial charge in [-0.1, -0.05) is 6.07 Å². The Morgan fingerprint density at radius 3 is 3.12 bits per heavy atom. The summed E-state index contributed by atoms with van der Waals surface area (Å²) < 4.78 is 0. The Balaban J connectivity index is 2.28. The number of nitrogens with zero attached hydrogens (tertiary/aromatic N) is 2. The highest BCUT2D eigenvalue weighted by atomic mass is 16.2. The Morgan fingerprint density at radius 2 is 2.44 bits per heavy atom. The first kappa shape index (κ1) is 10.9. The minimum absolute atomic E-state index is 0.0347. The maximum Gasteiger partial charge on any atom is 0.239 e. The van der Waals surface area contributed by atoms with E-state index in [0.717, 1.165) is 17.9 Å². The summed E-state index contributed by atoms with van der Waals surface area (Å²) in [4.78, 5) is 17.6. The standard InChI is InChI=1S/C11H16N4O/c1-8(12)9-3-2-4-14-11(9)15-6-5-13-10(16)7-15/h2-4,8H,5-7,12H2,1H3,(H,13,16)/t8-/m0/s1. The second-order valence-electron chi connectivity index (χ2n) is 3.98. The molecular weight excluding hydrogens is 204 g/mol. The van der Waals surface area contributed by atoms with Gasteiger partial charge in [0.15, 0.2) is 0 Å². The van der Waals surface area contributed by atoms with Crippen LogP contribution in [0.4, 0.5) is 5.82 Å². The topological polar surface area (TPSA) is 71.2 Å². The summed E-state index contributed by atoms with van der Waals surface area (Å²) >= 11 is 0. The van der Waals surface area contributed by atoms with Crippen LogP contribution in [0, 0.1) is 0 Å². The van der Waals surface area contributed by atoms with Crippen molar-refractivity contribution in [2.24, 2.45) is 5.73 Å². The van der Waals surface area contributed by atoms with E-state index in [4.69, 9.17) is 5.73 Å². The molecule has 2 rings (SSSR count). The quantitative estimate of drug-likeness (QED) is 0.738. The summed E-state index contributed by atoms with van der Waals surface area (Å²) in [5.74, 6) is 0.861. The van der Waals surface area contributed by atoms with Crippen molar-refractivity contribution in [3.05, 3.63) is 23.9 Å². The van der Waals surface area contributed by atoms with E-state index in [0.29, 0.717) is 13.1 Å². The highest BCUT2D eigenvalue weighted by Gasteiger charge is 2.20. The smallest absolute Gasteiger partial charge is 0.239 e. The van der Waals surface area contributed by atoms with E-state index in [-0.39, 0.29) is 11.9 Å². The molecule has 3 N–H and O–H groups in total. The fourth-order valence-corrected chi connectivity index (χ4v) is 1.85. The van der Waals surface area contributed by atoms with Crippen LogP contribution in [0.3, 0.4) is 0 Å². The van der Waals surface area contributed by atoms with E-state index >= 15 is 0 Å². The molecule has 0 radical (unpaired) electrons. The molecule has 5 nitrogen and oxygen atoms in total. The monoisotopic (exact) mass is 220 g/mol. The number of carbonyl (C=O) groups excluding carboxylic acids is 1.